The van der Waals surface area contributed by atoms with Crippen LogP contribution in [0.25, 0.3) is 0 Å². The molecule has 0 aromatic rings. The second-order valence-electron chi connectivity index (χ2n) is 6.01. The van der Waals surface area contributed by atoms with Crippen molar-refractivity contribution in [3.63, 3.8) is 0 Å². The van der Waals surface area contributed by atoms with Crippen molar-refractivity contribution in [1.82, 2.24) is 9.80 Å². The Morgan fingerprint density at radius 2 is 1.95 bits per heavy atom. The van der Waals surface area contributed by atoms with Crippen molar-refractivity contribution in [3.05, 3.63) is 0 Å². The van der Waals surface area contributed by atoms with E-state index in [0.29, 0.717) is 11.6 Å². The molecule has 1 aliphatic rings. The van der Waals surface area contributed by atoms with Gasteiger partial charge in [-0.1, -0.05) is 0 Å². The predicted octanol–water partition coefficient (Wildman–Crippen LogP) is 2.16. The van der Waals surface area contributed by atoms with Crippen molar-refractivity contribution in [2.45, 2.75) is 52.3 Å². The Labute approximate surface area is 119 Å². The lowest BCUT2D eigenvalue weighted by molar-refractivity contribution is -0.135. The van der Waals surface area contributed by atoms with Gasteiger partial charge in [-0.2, -0.15) is 0 Å². The number of ether oxygens (including phenoxy) is 1. The van der Waals surface area contributed by atoms with Crippen LogP contribution in [-0.2, 0) is 9.53 Å². The lowest BCUT2D eigenvalue weighted by atomic mass is 10.2. The zero-order valence-electron chi connectivity index (χ0n) is 12.6. The van der Waals surface area contributed by atoms with Crippen LogP contribution in [0.1, 0.15) is 34.6 Å². The van der Waals surface area contributed by atoms with Gasteiger partial charge in [-0.3, -0.25) is 9.69 Å². The number of amides is 2. The van der Waals surface area contributed by atoms with E-state index in [-0.39, 0.29) is 11.9 Å². The molecule has 2 amide bonds. The minimum Gasteiger partial charge on any atom is -0.444 e. The number of hydrogen-bond donors (Lipinski definition) is 0. The molecule has 1 atom stereocenters. The largest absolute Gasteiger partial charge is 0.444 e. The normalized spacial score (nSPS) is 19.7. The smallest absolute Gasteiger partial charge is 0.411 e. The van der Waals surface area contributed by atoms with Gasteiger partial charge < -0.3 is 9.64 Å². The maximum absolute atomic E-state index is 12.3. The summed E-state index contributed by atoms with van der Waals surface area (Å²) in [6.45, 7) is 9.39. The van der Waals surface area contributed by atoms with Crippen LogP contribution in [0, 0.1) is 0 Å². The number of rotatable bonds is 2. The molecule has 0 N–H and O–H groups in total. The highest BCUT2D eigenvalue weighted by Gasteiger charge is 2.38. The van der Waals surface area contributed by atoms with Crippen LogP contribution in [0.2, 0.25) is 0 Å². The van der Waals surface area contributed by atoms with Gasteiger partial charge in [-0.05, 0) is 34.6 Å². The third-order valence-electron chi connectivity index (χ3n) is 2.92. The molecule has 0 unspecified atom stereocenters. The third-order valence-corrected chi connectivity index (χ3v) is 3.93. The van der Waals surface area contributed by atoms with Gasteiger partial charge in [0.15, 0.2) is 0 Å². The Bertz CT molecular complexity index is 352. The molecule has 1 heterocycles. The first-order chi connectivity index (χ1) is 8.63. The quantitative estimate of drug-likeness (QED) is 0.781. The molecule has 0 spiro atoms. The lowest BCUT2D eigenvalue weighted by Crippen LogP contribution is -2.50. The first kappa shape index (κ1) is 16.1. The van der Waals surface area contributed by atoms with E-state index in [1.54, 1.807) is 23.7 Å². The predicted molar refractivity (Wildman–Crippen MR) is 77.1 cm³/mol. The molecule has 1 saturated heterocycles. The van der Waals surface area contributed by atoms with E-state index < -0.39 is 17.7 Å². The lowest BCUT2D eigenvalue weighted by Gasteiger charge is -2.31. The van der Waals surface area contributed by atoms with Gasteiger partial charge in [-0.15, -0.1) is 11.8 Å². The van der Waals surface area contributed by atoms with Crippen LogP contribution in [-0.4, -0.2) is 58.2 Å². The standard InChI is InChI=1S/C13H24N2O3S/c1-9(2)14(6)11(16)10-7-19-8-15(10)12(17)18-13(3,4)5/h9-10H,7-8H2,1-6H3/t10-/m1/s1. The molecular formula is C13H24N2O3S. The van der Waals surface area contributed by atoms with Crippen molar-refractivity contribution in [1.29, 1.82) is 0 Å². The van der Waals surface area contributed by atoms with Crippen LogP contribution in [0.4, 0.5) is 4.79 Å². The van der Waals surface area contributed by atoms with Crippen molar-refractivity contribution < 1.29 is 14.3 Å². The Balaban J connectivity index is 2.74. The molecule has 0 aromatic heterocycles. The van der Waals surface area contributed by atoms with Crippen molar-refractivity contribution in [3.8, 4) is 0 Å². The summed E-state index contributed by atoms with van der Waals surface area (Å²) in [7, 11) is 1.77. The van der Waals surface area contributed by atoms with Gasteiger partial charge in [0.2, 0.25) is 5.91 Å². The van der Waals surface area contributed by atoms with Gasteiger partial charge in [0.1, 0.15) is 11.6 Å². The molecule has 1 aliphatic heterocycles. The van der Waals surface area contributed by atoms with Crippen LogP contribution in [0.15, 0.2) is 0 Å². The molecular weight excluding hydrogens is 264 g/mol. The van der Waals surface area contributed by atoms with E-state index in [1.165, 1.54) is 4.90 Å². The van der Waals surface area contributed by atoms with E-state index in [1.807, 2.05) is 34.6 Å². The molecule has 0 aliphatic carbocycles. The summed E-state index contributed by atoms with van der Waals surface area (Å²) in [5.74, 6) is 1.12. The molecule has 6 heteroatoms. The average Bonchev–Trinajstić information content (AvgIpc) is 2.73. The van der Waals surface area contributed by atoms with Crippen LogP contribution in [0.5, 0.6) is 0 Å². The number of carbonyl (C=O) groups excluding carboxylic acids is 2. The molecule has 0 bridgehead atoms. The van der Waals surface area contributed by atoms with Crippen LogP contribution in [0.3, 0.4) is 0 Å². The first-order valence-electron chi connectivity index (χ1n) is 6.47. The maximum Gasteiger partial charge on any atom is 0.411 e. The summed E-state index contributed by atoms with van der Waals surface area (Å²) in [4.78, 5) is 27.6. The average molecular weight is 288 g/mol. The van der Waals surface area contributed by atoms with Gasteiger partial charge in [0.25, 0.3) is 0 Å². The Hall–Kier alpha value is -0.910. The van der Waals surface area contributed by atoms with Gasteiger partial charge >= 0.3 is 6.09 Å². The summed E-state index contributed by atoms with van der Waals surface area (Å²) < 4.78 is 5.35. The molecule has 5 nitrogen and oxygen atoms in total. The van der Waals surface area contributed by atoms with E-state index in [2.05, 4.69) is 0 Å². The van der Waals surface area contributed by atoms with Gasteiger partial charge in [0.05, 0.1) is 5.88 Å². The number of thioether (sulfide) groups is 1. The van der Waals surface area contributed by atoms with Crippen molar-refractivity contribution in [2.75, 3.05) is 18.7 Å². The molecule has 0 aromatic carbocycles. The van der Waals surface area contributed by atoms with E-state index in [0.717, 1.165) is 0 Å². The zero-order chi connectivity index (χ0) is 14.8. The number of likely N-dealkylation sites (N-methyl/N-ethyl adjacent to an activating group) is 1. The minimum absolute atomic E-state index is 0.0224. The van der Waals surface area contributed by atoms with E-state index in [9.17, 15) is 9.59 Å². The van der Waals surface area contributed by atoms with Gasteiger partial charge in [0, 0.05) is 18.8 Å². The second-order valence-corrected chi connectivity index (χ2v) is 7.01. The molecule has 0 radical (unpaired) electrons. The molecule has 1 rings (SSSR count). The zero-order valence-corrected chi connectivity index (χ0v) is 13.4. The molecule has 1 fully saturated rings. The highest BCUT2D eigenvalue weighted by Crippen LogP contribution is 2.25. The third kappa shape index (κ3) is 4.30. The summed E-state index contributed by atoms with van der Waals surface area (Å²) in [5, 5.41) is 0. The Kier molecular flexibility index (Phi) is 5.12. The fourth-order valence-electron chi connectivity index (χ4n) is 1.64. The fourth-order valence-corrected chi connectivity index (χ4v) is 2.77. The van der Waals surface area contributed by atoms with Crippen molar-refractivity contribution >= 4 is 23.8 Å². The number of hydrogen-bond acceptors (Lipinski definition) is 4. The minimum atomic E-state index is -0.540. The van der Waals surface area contributed by atoms with Gasteiger partial charge in [-0.25, -0.2) is 4.79 Å². The number of carbonyl (C=O) groups is 2. The second kappa shape index (κ2) is 6.03. The topological polar surface area (TPSA) is 49.9 Å². The highest BCUT2D eigenvalue weighted by molar-refractivity contribution is 7.99. The van der Waals surface area contributed by atoms with E-state index in [4.69, 9.17) is 4.74 Å². The summed E-state index contributed by atoms with van der Waals surface area (Å²) >= 11 is 1.58. The SMILES string of the molecule is CC(C)N(C)C(=O)[C@H]1CSCN1C(=O)OC(C)(C)C. The highest BCUT2D eigenvalue weighted by atomic mass is 32.2. The first-order valence-corrected chi connectivity index (χ1v) is 7.63. The number of nitrogens with zero attached hydrogens (tertiary/aromatic N) is 2. The molecule has 19 heavy (non-hydrogen) atoms. The summed E-state index contributed by atoms with van der Waals surface area (Å²) in [6.07, 6.45) is -0.409. The maximum atomic E-state index is 12.3. The Morgan fingerprint density at radius 3 is 2.42 bits per heavy atom. The molecule has 110 valence electrons. The van der Waals surface area contributed by atoms with Crippen LogP contribution < -0.4 is 0 Å². The van der Waals surface area contributed by atoms with Crippen molar-refractivity contribution in [2.24, 2.45) is 0 Å². The van der Waals surface area contributed by atoms with Crippen LogP contribution >= 0.6 is 11.8 Å². The van der Waals surface area contributed by atoms with E-state index >= 15 is 0 Å². The Morgan fingerprint density at radius 1 is 1.37 bits per heavy atom. The monoisotopic (exact) mass is 288 g/mol. The molecule has 0 saturated carbocycles. The summed E-state index contributed by atoms with van der Waals surface area (Å²) in [5.41, 5.74) is -0.540. The fraction of sp³-hybridized carbons (Fsp3) is 0.846. The summed E-state index contributed by atoms with van der Waals surface area (Å²) in [6, 6.07) is -0.286.